The quantitative estimate of drug-likeness (QED) is 0.407. The minimum atomic E-state index is -0.636. The first-order chi connectivity index (χ1) is 14.2. The van der Waals surface area contributed by atoms with Gasteiger partial charge < -0.3 is 0 Å². The molecule has 4 aromatic rings. The van der Waals surface area contributed by atoms with E-state index in [1.165, 1.54) is 12.1 Å². The summed E-state index contributed by atoms with van der Waals surface area (Å²) in [6.45, 7) is 0. The van der Waals surface area contributed by atoms with Crippen LogP contribution in [0.4, 0.5) is 4.39 Å². The lowest BCUT2D eigenvalue weighted by Gasteiger charge is -2.17. The van der Waals surface area contributed by atoms with Gasteiger partial charge >= 0.3 is 0 Å². The molecule has 0 fully saturated rings. The van der Waals surface area contributed by atoms with Crippen molar-refractivity contribution >= 4 is 0 Å². The highest BCUT2D eigenvalue weighted by Gasteiger charge is 2.19. The highest BCUT2D eigenvalue weighted by molar-refractivity contribution is 5.96. The van der Waals surface area contributed by atoms with Crippen LogP contribution in [0.15, 0.2) is 91.0 Å². The summed E-state index contributed by atoms with van der Waals surface area (Å²) in [5.41, 5.74) is 5.10. The zero-order valence-corrected chi connectivity index (χ0v) is 15.4. The number of nitrogens with zero attached hydrogens (tertiary/aromatic N) is 2. The topological polar surface area (TPSA) is 47.6 Å². The summed E-state index contributed by atoms with van der Waals surface area (Å²) in [7, 11) is 0. The van der Waals surface area contributed by atoms with Gasteiger partial charge in [-0.25, -0.2) is 4.39 Å². The number of benzene rings is 4. The molecule has 0 aromatic heterocycles. The van der Waals surface area contributed by atoms with Crippen LogP contribution in [-0.4, -0.2) is 0 Å². The largest absolute Gasteiger partial charge is 0.206 e. The Bertz CT molecular complexity index is 1210. The maximum Gasteiger partial charge on any atom is 0.141 e. The number of nitriles is 2. The second-order valence-corrected chi connectivity index (χ2v) is 6.56. The Morgan fingerprint density at radius 1 is 0.552 bits per heavy atom. The van der Waals surface area contributed by atoms with Crippen LogP contribution in [-0.2, 0) is 0 Å². The average Bonchev–Trinajstić information content (AvgIpc) is 2.79. The zero-order chi connectivity index (χ0) is 20.2. The molecule has 0 bridgehead atoms. The smallest absolute Gasteiger partial charge is 0.141 e. The predicted octanol–water partition coefficient (Wildman–Crippen LogP) is 6.57. The molecule has 0 unspecified atom stereocenters. The number of halogens is 1. The van der Waals surface area contributed by atoms with Gasteiger partial charge in [-0.05, 0) is 39.9 Å². The molecule has 3 heteroatoms. The summed E-state index contributed by atoms with van der Waals surface area (Å²) in [6.07, 6.45) is 0. The molecule has 2 nitrogen and oxygen atoms in total. The fourth-order valence-electron chi connectivity index (χ4n) is 3.52. The molecule has 0 aliphatic rings. The van der Waals surface area contributed by atoms with Crippen molar-refractivity contribution in [3.63, 3.8) is 0 Å². The molecule has 0 heterocycles. The van der Waals surface area contributed by atoms with Gasteiger partial charge in [0.25, 0.3) is 0 Å². The van der Waals surface area contributed by atoms with Crippen LogP contribution in [0.2, 0.25) is 0 Å². The van der Waals surface area contributed by atoms with Crippen LogP contribution in [0.3, 0.4) is 0 Å². The summed E-state index contributed by atoms with van der Waals surface area (Å²) in [5, 5.41) is 18.9. The van der Waals surface area contributed by atoms with Crippen molar-refractivity contribution in [1.29, 1.82) is 10.5 Å². The van der Waals surface area contributed by atoms with E-state index >= 15 is 0 Å². The Hall–Kier alpha value is -4.21. The molecule has 0 aliphatic heterocycles. The van der Waals surface area contributed by atoms with E-state index in [4.69, 9.17) is 5.26 Å². The summed E-state index contributed by atoms with van der Waals surface area (Å²) >= 11 is 0. The van der Waals surface area contributed by atoms with E-state index < -0.39 is 5.82 Å². The summed E-state index contributed by atoms with van der Waals surface area (Å²) < 4.78 is 14.6. The Morgan fingerprint density at radius 3 is 1.55 bits per heavy atom. The highest BCUT2D eigenvalue weighted by atomic mass is 19.1. The van der Waals surface area contributed by atoms with Gasteiger partial charge in [0.15, 0.2) is 0 Å². The molecule has 4 rings (SSSR count). The number of rotatable bonds is 3. The molecule has 0 atom stereocenters. The minimum absolute atomic E-state index is 0.135. The monoisotopic (exact) mass is 374 g/mol. The van der Waals surface area contributed by atoms with Crippen LogP contribution in [0.1, 0.15) is 11.1 Å². The SMILES string of the molecule is N#Cc1cc(C#N)c(-c2c(-c3ccccc3)cccc2-c2ccccc2)cc1F. The third-order valence-corrected chi connectivity index (χ3v) is 4.85. The Labute approximate surface area is 168 Å². The Balaban J connectivity index is 2.11. The maximum atomic E-state index is 14.6. The van der Waals surface area contributed by atoms with Crippen molar-refractivity contribution < 1.29 is 4.39 Å². The third-order valence-electron chi connectivity index (χ3n) is 4.85. The van der Waals surface area contributed by atoms with Crippen molar-refractivity contribution in [1.82, 2.24) is 0 Å². The molecule has 0 saturated carbocycles. The number of hydrogen-bond donors (Lipinski definition) is 0. The first-order valence-corrected chi connectivity index (χ1v) is 9.11. The molecule has 0 amide bonds. The van der Waals surface area contributed by atoms with Crippen molar-refractivity contribution in [2.75, 3.05) is 0 Å². The molecule has 0 aliphatic carbocycles. The van der Waals surface area contributed by atoms with Crippen LogP contribution >= 0.6 is 0 Å². The summed E-state index contributed by atoms with van der Waals surface area (Å²) in [4.78, 5) is 0. The van der Waals surface area contributed by atoms with E-state index in [2.05, 4.69) is 6.07 Å². The summed E-state index contributed by atoms with van der Waals surface area (Å²) in [5.74, 6) is -0.636. The normalized spacial score (nSPS) is 10.2. The molecule has 29 heavy (non-hydrogen) atoms. The van der Waals surface area contributed by atoms with Crippen LogP contribution < -0.4 is 0 Å². The van der Waals surface area contributed by atoms with Gasteiger partial charge in [0, 0.05) is 5.56 Å². The van der Waals surface area contributed by atoms with Gasteiger partial charge in [-0.3, -0.25) is 0 Å². The zero-order valence-electron chi connectivity index (χ0n) is 15.4. The van der Waals surface area contributed by atoms with E-state index in [0.29, 0.717) is 5.56 Å². The third kappa shape index (κ3) is 3.38. The lowest BCUT2D eigenvalue weighted by atomic mass is 9.85. The van der Waals surface area contributed by atoms with Crippen LogP contribution in [0.25, 0.3) is 33.4 Å². The van der Waals surface area contributed by atoms with E-state index in [-0.39, 0.29) is 11.1 Å². The molecule has 0 N–H and O–H groups in total. The van der Waals surface area contributed by atoms with Gasteiger partial charge in [0.05, 0.1) is 17.2 Å². The van der Waals surface area contributed by atoms with Crippen molar-refractivity contribution in [2.24, 2.45) is 0 Å². The number of hydrogen-bond acceptors (Lipinski definition) is 2. The summed E-state index contributed by atoms with van der Waals surface area (Å²) in [6, 6.07) is 32.1. The molecular weight excluding hydrogens is 359 g/mol. The average molecular weight is 374 g/mol. The van der Waals surface area contributed by atoms with Crippen LogP contribution in [0.5, 0.6) is 0 Å². The molecule has 0 saturated heterocycles. The lowest BCUT2D eigenvalue weighted by Crippen LogP contribution is -1.96. The second-order valence-electron chi connectivity index (χ2n) is 6.56. The second kappa shape index (κ2) is 7.80. The Morgan fingerprint density at radius 2 is 1.07 bits per heavy atom. The fourth-order valence-corrected chi connectivity index (χ4v) is 3.52. The highest BCUT2D eigenvalue weighted by Crippen LogP contribution is 2.41. The van der Waals surface area contributed by atoms with Gasteiger partial charge in [0.1, 0.15) is 11.9 Å². The molecule has 4 aromatic carbocycles. The molecule has 136 valence electrons. The van der Waals surface area contributed by atoms with Gasteiger partial charge in [-0.15, -0.1) is 0 Å². The van der Waals surface area contributed by atoms with E-state index in [0.717, 1.165) is 27.8 Å². The fraction of sp³-hybridized carbons (Fsp3) is 0. The van der Waals surface area contributed by atoms with Crippen molar-refractivity contribution in [3.05, 3.63) is 108 Å². The Kier molecular flexibility index (Phi) is 4.89. The maximum absolute atomic E-state index is 14.6. The molecular formula is C26H15FN2. The van der Waals surface area contributed by atoms with Crippen LogP contribution in [0, 0.1) is 28.5 Å². The lowest BCUT2D eigenvalue weighted by molar-refractivity contribution is 0.624. The molecule has 0 spiro atoms. The van der Waals surface area contributed by atoms with E-state index in [1.807, 2.05) is 84.9 Å². The predicted molar refractivity (Wildman–Crippen MR) is 112 cm³/mol. The van der Waals surface area contributed by atoms with Crippen molar-refractivity contribution in [3.8, 4) is 45.5 Å². The van der Waals surface area contributed by atoms with E-state index in [9.17, 15) is 9.65 Å². The standard InChI is InChI=1S/C26H15FN2/c27-25-15-24(20(16-28)14-21(25)17-29)26-22(18-8-3-1-4-9-18)12-7-13-23(26)19-10-5-2-6-11-19/h1-15H. The first-order valence-electron chi connectivity index (χ1n) is 9.11. The van der Waals surface area contributed by atoms with Gasteiger partial charge in [-0.2, -0.15) is 10.5 Å². The van der Waals surface area contributed by atoms with Gasteiger partial charge in [0.2, 0.25) is 0 Å². The van der Waals surface area contributed by atoms with Gasteiger partial charge in [-0.1, -0.05) is 78.9 Å². The van der Waals surface area contributed by atoms with Crippen molar-refractivity contribution in [2.45, 2.75) is 0 Å². The molecule has 0 radical (unpaired) electrons. The minimum Gasteiger partial charge on any atom is -0.206 e. The first kappa shape index (κ1) is 18.2. The van der Waals surface area contributed by atoms with E-state index in [1.54, 1.807) is 0 Å².